The molecule has 4 nitrogen and oxygen atoms in total. The molecule has 4 heteroatoms. The standard InChI is InChI=1S/C11H21NO3/c1-11(2)14-7-10(15-11)6-13-9-4-3-8(12)5-9/h8-10H,3-7,12H2,1-2H3/t8-,9+,10?/m0/s1. The van der Waals surface area contributed by atoms with E-state index >= 15 is 0 Å². The molecule has 0 spiro atoms. The van der Waals surface area contributed by atoms with Crippen molar-refractivity contribution in [2.45, 2.75) is 57.1 Å². The number of ether oxygens (including phenoxy) is 3. The van der Waals surface area contributed by atoms with Crippen LogP contribution in [0.1, 0.15) is 33.1 Å². The summed E-state index contributed by atoms with van der Waals surface area (Å²) in [5, 5.41) is 0. The van der Waals surface area contributed by atoms with Crippen molar-refractivity contribution in [1.82, 2.24) is 0 Å². The lowest BCUT2D eigenvalue weighted by Gasteiger charge is -2.18. The highest BCUT2D eigenvalue weighted by Gasteiger charge is 2.33. The molecule has 2 aliphatic rings. The average molecular weight is 215 g/mol. The van der Waals surface area contributed by atoms with E-state index in [-0.39, 0.29) is 6.10 Å². The maximum absolute atomic E-state index is 5.82. The first-order valence-electron chi connectivity index (χ1n) is 5.74. The van der Waals surface area contributed by atoms with Gasteiger partial charge >= 0.3 is 0 Å². The molecule has 1 saturated heterocycles. The Balaban J connectivity index is 1.66. The fraction of sp³-hybridized carbons (Fsp3) is 1.00. The number of hydrogen-bond acceptors (Lipinski definition) is 4. The van der Waals surface area contributed by atoms with E-state index in [1.165, 1.54) is 0 Å². The summed E-state index contributed by atoms with van der Waals surface area (Å²) < 4.78 is 16.9. The van der Waals surface area contributed by atoms with Crippen LogP contribution in [0.3, 0.4) is 0 Å². The summed E-state index contributed by atoms with van der Waals surface area (Å²) in [5.74, 6) is -0.444. The van der Waals surface area contributed by atoms with E-state index in [2.05, 4.69) is 0 Å². The summed E-state index contributed by atoms with van der Waals surface area (Å²) in [4.78, 5) is 0. The second-order valence-electron chi connectivity index (χ2n) is 4.98. The smallest absolute Gasteiger partial charge is 0.163 e. The number of rotatable bonds is 3. The molecule has 2 fully saturated rings. The fourth-order valence-corrected chi connectivity index (χ4v) is 2.21. The van der Waals surface area contributed by atoms with Crippen LogP contribution in [0, 0.1) is 0 Å². The van der Waals surface area contributed by atoms with Gasteiger partial charge in [0.2, 0.25) is 0 Å². The first kappa shape index (κ1) is 11.3. The monoisotopic (exact) mass is 215 g/mol. The fourth-order valence-electron chi connectivity index (χ4n) is 2.21. The molecule has 0 aromatic heterocycles. The van der Waals surface area contributed by atoms with E-state index in [4.69, 9.17) is 19.9 Å². The van der Waals surface area contributed by atoms with Gasteiger partial charge in [-0.05, 0) is 33.1 Å². The van der Waals surface area contributed by atoms with Gasteiger partial charge in [-0.25, -0.2) is 0 Å². The minimum absolute atomic E-state index is 0.0804. The topological polar surface area (TPSA) is 53.7 Å². The van der Waals surface area contributed by atoms with E-state index in [1.54, 1.807) is 0 Å². The number of hydrogen-bond donors (Lipinski definition) is 1. The molecule has 0 radical (unpaired) electrons. The molecule has 0 amide bonds. The maximum atomic E-state index is 5.82. The van der Waals surface area contributed by atoms with Crippen LogP contribution in [0.2, 0.25) is 0 Å². The van der Waals surface area contributed by atoms with Gasteiger partial charge in [0.15, 0.2) is 5.79 Å². The van der Waals surface area contributed by atoms with Crippen LogP contribution in [-0.2, 0) is 14.2 Å². The van der Waals surface area contributed by atoms with Crippen LogP contribution in [-0.4, -0.2) is 37.3 Å². The molecule has 15 heavy (non-hydrogen) atoms. The van der Waals surface area contributed by atoms with Gasteiger partial charge in [-0.15, -0.1) is 0 Å². The lowest BCUT2D eigenvalue weighted by Crippen LogP contribution is -2.26. The first-order chi connectivity index (χ1) is 7.05. The van der Waals surface area contributed by atoms with Gasteiger partial charge in [-0.3, -0.25) is 0 Å². The molecule has 0 bridgehead atoms. The van der Waals surface area contributed by atoms with Crippen LogP contribution in [0.4, 0.5) is 0 Å². The van der Waals surface area contributed by atoms with Gasteiger partial charge < -0.3 is 19.9 Å². The Morgan fingerprint density at radius 1 is 1.40 bits per heavy atom. The zero-order valence-corrected chi connectivity index (χ0v) is 9.57. The SMILES string of the molecule is CC1(C)OCC(CO[C@@H]2CC[C@H](N)C2)O1. The van der Waals surface area contributed by atoms with E-state index in [0.717, 1.165) is 19.3 Å². The predicted molar refractivity (Wildman–Crippen MR) is 56.5 cm³/mol. The molecular weight excluding hydrogens is 194 g/mol. The quantitative estimate of drug-likeness (QED) is 0.764. The molecule has 88 valence electrons. The predicted octanol–water partition coefficient (Wildman–Crippen LogP) is 1.03. The van der Waals surface area contributed by atoms with Crippen LogP contribution in [0.15, 0.2) is 0 Å². The third-order valence-electron chi connectivity index (χ3n) is 3.01. The molecule has 1 heterocycles. The van der Waals surface area contributed by atoms with Gasteiger partial charge in [0.25, 0.3) is 0 Å². The Labute approximate surface area is 91.1 Å². The van der Waals surface area contributed by atoms with Crippen LogP contribution >= 0.6 is 0 Å². The highest BCUT2D eigenvalue weighted by atomic mass is 16.7. The Bertz CT molecular complexity index is 220. The average Bonchev–Trinajstić information content (AvgIpc) is 2.69. The molecule has 2 N–H and O–H groups in total. The van der Waals surface area contributed by atoms with E-state index in [1.807, 2.05) is 13.8 Å². The van der Waals surface area contributed by atoms with Gasteiger partial charge in [-0.2, -0.15) is 0 Å². The minimum atomic E-state index is -0.444. The molecule has 0 aromatic carbocycles. The van der Waals surface area contributed by atoms with E-state index < -0.39 is 5.79 Å². The normalized spacial score (nSPS) is 39.8. The zero-order chi connectivity index (χ0) is 10.9. The molecule has 1 unspecified atom stereocenters. The van der Waals surface area contributed by atoms with Crippen LogP contribution < -0.4 is 5.73 Å². The number of nitrogens with two attached hydrogens (primary N) is 1. The van der Waals surface area contributed by atoms with Crippen molar-refractivity contribution in [2.75, 3.05) is 13.2 Å². The molecular formula is C11H21NO3. The Kier molecular flexibility index (Phi) is 3.30. The first-order valence-corrected chi connectivity index (χ1v) is 5.74. The second kappa shape index (κ2) is 4.37. The van der Waals surface area contributed by atoms with Crippen molar-refractivity contribution in [3.63, 3.8) is 0 Å². The Morgan fingerprint density at radius 2 is 2.20 bits per heavy atom. The van der Waals surface area contributed by atoms with Crippen LogP contribution in [0.5, 0.6) is 0 Å². The summed E-state index contributed by atoms with van der Waals surface area (Å²) in [6.07, 6.45) is 3.55. The molecule has 0 aromatic rings. The van der Waals surface area contributed by atoms with Gasteiger partial charge in [-0.1, -0.05) is 0 Å². The van der Waals surface area contributed by atoms with Crippen molar-refractivity contribution < 1.29 is 14.2 Å². The highest BCUT2D eigenvalue weighted by molar-refractivity contribution is 4.79. The van der Waals surface area contributed by atoms with Gasteiger partial charge in [0, 0.05) is 6.04 Å². The summed E-state index contributed by atoms with van der Waals surface area (Å²) in [7, 11) is 0. The largest absolute Gasteiger partial charge is 0.375 e. The van der Waals surface area contributed by atoms with Crippen molar-refractivity contribution in [3.05, 3.63) is 0 Å². The van der Waals surface area contributed by atoms with Gasteiger partial charge in [0.05, 0.1) is 19.3 Å². The third-order valence-corrected chi connectivity index (χ3v) is 3.01. The Hall–Kier alpha value is -0.160. The summed E-state index contributed by atoms with van der Waals surface area (Å²) in [6.45, 7) is 5.11. The van der Waals surface area contributed by atoms with Crippen molar-refractivity contribution >= 4 is 0 Å². The van der Waals surface area contributed by atoms with Crippen molar-refractivity contribution in [2.24, 2.45) is 5.73 Å². The van der Waals surface area contributed by atoms with Crippen LogP contribution in [0.25, 0.3) is 0 Å². The minimum Gasteiger partial charge on any atom is -0.375 e. The summed E-state index contributed by atoms with van der Waals surface area (Å²) >= 11 is 0. The lowest BCUT2D eigenvalue weighted by molar-refractivity contribution is -0.147. The highest BCUT2D eigenvalue weighted by Crippen LogP contribution is 2.25. The maximum Gasteiger partial charge on any atom is 0.163 e. The van der Waals surface area contributed by atoms with Crippen molar-refractivity contribution in [3.8, 4) is 0 Å². The summed E-state index contributed by atoms with van der Waals surface area (Å²) in [6, 6.07) is 0.326. The van der Waals surface area contributed by atoms with E-state index in [0.29, 0.717) is 25.4 Å². The van der Waals surface area contributed by atoms with Crippen molar-refractivity contribution in [1.29, 1.82) is 0 Å². The lowest BCUT2D eigenvalue weighted by atomic mass is 10.3. The third kappa shape index (κ3) is 3.14. The molecule has 1 aliphatic heterocycles. The molecule has 1 saturated carbocycles. The molecule has 2 rings (SSSR count). The second-order valence-corrected chi connectivity index (χ2v) is 4.98. The molecule has 1 aliphatic carbocycles. The van der Waals surface area contributed by atoms with Gasteiger partial charge in [0.1, 0.15) is 6.10 Å². The summed E-state index contributed by atoms with van der Waals surface area (Å²) in [5.41, 5.74) is 5.82. The molecule has 3 atom stereocenters. The Morgan fingerprint density at radius 3 is 2.73 bits per heavy atom. The van der Waals surface area contributed by atoms with E-state index in [9.17, 15) is 0 Å². The zero-order valence-electron chi connectivity index (χ0n) is 9.57.